The molecular weight excluding hydrogens is 232 g/mol. The Bertz CT molecular complexity index is 647. The lowest BCUT2D eigenvalue weighted by Gasteiger charge is -2.18. The molecule has 18 heavy (non-hydrogen) atoms. The number of fused-ring (bicyclic) bond motifs is 1. The number of nitrogens with two attached hydrogens (primary N) is 1. The normalized spacial score (nSPS) is 20.1. The molecule has 1 aliphatic rings. The van der Waals surface area contributed by atoms with Crippen LogP contribution in [-0.4, -0.2) is 21.2 Å². The van der Waals surface area contributed by atoms with Gasteiger partial charge in [-0.1, -0.05) is 0 Å². The molecule has 92 valence electrons. The number of carbonyl (C=O) groups is 2. The number of nitrogens with one attached hydrogen (secondary N) is 1. The van der Waals surface area contributed by atoms with E-state index in [0.29, 0.717) is 29.9 Å². The molecule has 1 fully saturated rings. The average molecular weight is 244 g/mol. The number of hydrogen-bond acceptors (Lipinski definition) is 4. The Labute approximate surface area is 103 Å². The minimum Gasteiger partial charge on any atom is -0.399 e. The molecule has 2 amide bonds. The highest BCUT2D eigenvalue weighted by atomic mass is 16.2. The van der Waals surface area contributed by atoms with E-state index in [1.54, 1.807) is 24.5 Å². The van der Waals surface area contributed by atoms with Gasteiger partial charge in [-0.15, -0.1) is 0 Å². The number of amides is 2. The molecule has 0 spiro atoms. The van der Waals surface area contributed by atoms with Crippen LogP contribution in [0.3, 0.4) is 0 Å². The summed E-state index contributed by atoms with van der Waals surface area (Å²) in [6, 6.07) is 3.51. The molecule has 3 heterocycles. The second-order valence-corrected chi connectivity index (χ2v) is 4.40. The lowest BCUT2D eigenvalue weighted by molar-refractivity contribution is -0.134. The van der Waals surface area contributed by atoms with E-state index in [1.165, 1.54) is 0 Å². The van der Waals surface area contributed by atoms with Gasteiger partial charge in [-0.2, -0.15) is 0 Å². The van der Waals surface area contributed by atoms with Gasteiger partial charge < -0.3 is 10.1 Å². The van der Waals surface area contributed by atoms with Crippen LogP contribution in [0, 0.1) is 0 Å². The first kappa shape index (κ1) is 10.8. The SMILES string of the molecule is Nc1ccn2cc(C3CCC(=O)NC3=O)nc2c1. The molecule has 1 saturated heterocycles. The van der Waals surface area contributed by atoms with Crippen molar-refractivity contribution < 1.29 is 9.59 Å². The highest BCUT2D eigenvalue weighted by Crippen LogP contribution is 2.24. The third kappa shape index (κ3) is 1.71. The Morgan fingerprint density at radius 2 is 2.28 bits per heavy atom. The minimum absolute atomic E-state index is 0.218. The van der Waals surface area contributed by atoms with E-state index < -0.39 is 0 Å². The summed E-state index contributed by atoms with van der Waals surface area (Å²) < 4.78 is 1.81. The standard InChI is InChI=1S/C12H12N4O2/c13-7-3-4-16-6-9(14-10(16)5-7)8-1-2-11(17)15-12(8)18/h3-6,8H,1-2,13H2,(H,15,17,18). The molecular formula is C12H12N4O2. The molecule has 3 N–H and O–H groups in total. The van der Waals surface area contributed by atoms with Crippen molar-refractivity contribution in [1.82, 2.24) is 14.7 Å². The fourth-order valence-corrected chi connectivity index (χ4v) is 2.16. The lowest BCUT2D eigenvalue weighted by atomic mass is 9.95. The van der Waals surface area contributed by atoms with E-state index in [9.17, 15) is 9.59 Å². The fraction of sp³-hybridized carbons (Fsp3) is 0.250. The summed E-state index contributed by atoms with van der Waals surface area (Å²) in [5, 5.41) is 2.33. The molecule has 1 unspecified atom stereocenters. The predicted molar refractivity (Wildman–Crippen MR) is 64.7 cm³/mol. The summed E-state index contributed by atoms with van der Waals surface area (Å²) in [5.41, 5.74) is 7.68. The fourth-order valence-electron chi connectivity index (χ4n) is 2.16. The number of imidazole rings is 1. The van der Waals surface area contributed by atoms with Gasteiger partial charge >= 0.3 is 0 Å². The smallest absolute Gasteiger partial charge is 0.235 e. The maximum absolute atomic E-state index is 11.7. The number of piperidine rings is 1. The van der Waals surface area contributed by atoms with Gasteiger partial charge in [0, 0.05) is 30.6 Å². The second-order valence-electron chi connectivity index (χ2n) is 4.40. The zero-order valence-corrected chi connectivity index (χ0v) is 9.59. The molecule has 6 heteroatoms. The highest BCUT2D eigenvalue weighted by Gasteiger charge is 2.29. The van der Waals surface area contributed by atoms with E-state index in [-0.39, 0.29) is 17.7 Å². The van der Waals surface area contributed by atoms with Crippen LogP contribution in [0.15, 0.2) is 24.5 Å². The summed E-state index contributed by atoms with van der Waals surface area (Å²) in [7, 11) is 0. The molecule has 0 aliphatic carbocycles. The van der Waals surface area contributed by atoms with Gasteiger partial charge in [0.15, 0.2) is 0 Å². The van der Waals surface area contributed by atoms with E-state index in [2.05, 4.69) is 10.3 Å². The van der Waals surface area contributed by atoms with Crippen LogP contribution in [0.5, 0.6) is 0 Å². The van der Waals surface area contributed by atoms with Gasteiger partial charge in [0.2, 0.25) is 11.8 Å². The largest absolute Gasteiger partial charge is 0.399 e. The van der Waals surface area contributed by atoms with Crippen LogP contribution in [-0.2, 0) is 9.59 Å². The summed E-state index contributed by atoms with van der Waals surface area (Å²) in [5.74, 6) is -0.851. The van der Waals surface area contributed by atoms with E-state index >= 15 is 0 Å². The molecule has 1 aliphatic heterocycles. The lowest BCUT2D eigenvalue weighted by Crippen LogP contribution is -2.39. The Morgan fingerprint density at radius 1 is 1.44 bits per heavy atom. The average Bonchev–Trinajstić information content (AvgIpc) is 2.71. The Hall–Kier alpha value is -2.37. The maximum Gasteiger partial charge on any atom is 0.235 e. The number of imide groups is 1. The number of anilines is 1. The van der Waals surface area contributed by atoms with E-state index in [0.717, 1.165) is 0 Å². The molecule has 0 radical (unpaired) electrons. The number of rotatable bonds is 1. The van der Waals surface area contributed by atoms with Gasteiger partial charge in [0.1, 0.15) is 5.65 Å². The summed E-state index contributed by atoms with van der Waals surface area (Å²) in [6.07, 6.45) is 4.46. The Balaban J connectivity index is 1.99. The van der Waals surface area contributed by atoms with Crippen molar-refractivity contribution in [3.63, 3.8) is 0 Å². The van der Waals surface area contributed by atoms with Crippen molar-refractivity contribution in [3.05, 3.63) is 30.2 Å². The topological polar surface area (TPSA) is 89.5 Å². The van der Waals surface area contributed by atoms with E-state index in [1.807, 2.05) is 4.40 Å². The minimum atomic E-state index is -0.358. The first-order valence-corrected chi connectivity index (χ1v) is 5.71. The van der Waals surface area contributed by atoms with Crippen molar-refractivity contribution in [2.45, 2.75) is 18.8 Å². The first-order chi connectivity index (χ1) is 8.63. The monoisotopic (exact) mass is 244 g/mol. The third-order valence-corrected chi connectivity index (χ3v) is 3.10. The number of aromatic nitrogens is 2. The predicted octanol–water partition coefficient (Wildman–Crippen LogP) is 0.437. The number of nitrogen functional groups attached to an aromatic ring is 1. The molecule has 2 aromatic rings. The van der Waals surface area contributed by atoms with Gasteiger partial charge in [0.05, 0.1) is 11.6 Å². The van der Waals surface area contributed by atoms with Crippen LogP contribution in [0.2, 0.25) is 0 Å². The third-order valence-electron chi connectivity index (χ3n) is 3.10. The van der Waals surface area contributed by atoms with Gasteiger partial charge in [-0.05, 0) is 12.5 Å². The van der Waals surface area contributed by atoms with Crippen molar-refractivity contribution >= 4 is 23.1 Å². The van der Waals surface area contributed by atoms with Crippen molar-refractivity contribution in [2.75, 3.05) is 5.73 Å². The maximum atomic E-state index is 11.7. The molecule has 0 bridgehead atoms. The van der Waals surface area contributed by atoms with Gasteiger partial charge in [-0.3, -0.25) is 14.9 Å². The Morgan fingerprint density at radius 3 is 3.06 bits per heavy atom. The van der Waals surface area contributed by atoms with Gasteiger partial charge in [-0.25, -0.2) is 4.98 Å². The van der Waals surface area contributed by atoms with Crippen LogP contribution < -0.4 is 11.1 Å². The molecule has 1 atom stereocenters. The summed E-state index contributed by atoms with van der Waals surface area (Å²) >= 11 is 0. The molecule has 2 aromatic heterocycles. The van der Waals surface area contributed by atoms with Crippen molar-refractivity contribution in [3.8, 4) is 0 Å². The zero-order chi connectivity index (χ0) is 12.7. The van der Waals surface area contributed by atoms with Gasteiger partial charge in [0.25, 0.3) is 0 Å². The number of carbonyl (C=O) groups excluding carboxylic acids is 2. The first-order valence-electron chi connectivity index (χ1n) is 5.71. The molecule has 6 nitrogen and oxygen atoms in total. The summed E-state index contributed by atoms with van der Waals surface area (Å²) in [6.45, 7) is 0. The summed E-state index contributed by atoms with van der Waals surface area (Å²) in [4.78, 5) is 27.2. The molecule has 0 saturated carbocycles. The number of hydrogen-bond donors (Lipinski definition) is 2. The second kappa shape index (κ2) is 3.83. The van der Waals surface area contributed by atoms with Crippen LogP contribution in [0.4, 0.5) is 5.69 Å². The highest BCUT2D eigenvalue weighted by molar-refractivity contribution is 6.00. The molecule has 0 aromatic carbocycles. The van der Waals surface area contributed by atoms with Crippen LogP contribution in [0.1, 0.15) is 24.5 Å². The number of pyridine rings is 1. The Kier molecular flexibility index (Phi) is 2.29. The van der Waals surface area contributed by atoms with Crippen LogP contribution >= 0.6 is 0 Å². The number of nitrogens with zero attached hydrogens (tertiary/aromatic N) is 2. The van der Waals surface area contributed by atoms with E-state index in [4.69, 9.17) is 5.73 Å². The quantitative estimate of drug-likeness (QED) is 0.712. The zero-order valence-electron chi connectivity index (χ0n) is 9.59. The van der Waals surface area contributed by atoms with Crippen molar-refractivity contribution in [2.24, 2.45) is 0 Å². The van der Waals surface area contributed by atoms with Crippen molar-refractivity contribution in [1.29, 1.82) is 0 Å². The molecule has 3 rings (SSSR count). The van der Waals surface area contributed by atoms with Crippen LogP contribution in [0.25, 0.3) is 5.65 Å².